The second-order valence-electron chi connectivity index (χ2n) is 18.2. The monoisotopic (exact) mass is 857 g/mol. The van der Waals surface area contributed by atoms with E-state index in [0.29, 0.717) is 35.5 Å². The van der Waals surface area contributed by atoms with Gasteiger partial charge in [0.05, 0.1) is 30.5 Å². The van der Waals surface area contributed by atoms with Crippen molar-refractivity contribution in [2.45, 2.75) is 119 Å². The number of carbonyl (C=O) groups excluding carboxylic acids is 5. The van der Waals surface area contributed by atoms with Crippen molar-refractivity contribution in [2.24, 2.45) is 53.1 Å². The van der Waals surface area contributed by atoms with Crippen LogP contribution in [-0.4, -0.2) is 61.8 Å². The van der Waals surface area contributed by atoms with E-state index in [1.165, 1.54) is 6.42 Å². The molecule has 60 heavy (non-hydrogen) atoms. The average Bonchev–Trinajstić information content (AvgIpc) is 3.19. The molecule has 0 heterocycles. The van der Waals surface area contributed by atoms with Gasteiger partial charge in [-0.1, -0.05) is 115 Å². The van der Waals surface area contributed by atoms with Gasteiger partial charge in [0.1, 0.15) is 25.4 Å². The van der Waals surface area contributed by atoms with E-state index >= 15 is 0 Å². The van der Waals surface area contributed by atoms with Gasteiger partial charge in [0, 0.05) is 0 Å². The van der Waals surface area contributed by atoms with Crippen LogP contribution in [-0.2, 0) is 33.4 Å². The molecule has 0 bridgehead atoms. The maximum Gasteiger partial charge on any atom is 0.408 e. The molecule has 4 rings (SSSR count). The summed E-state index contributed by atoms with van der Waals surface area (Å²) in [6.45, 7) is 18.2. The van der Waals surface area contributed by atoms with Crippen molar-refractivity contribution >= 4 is 42.3 Å². The lowest BCUT2D eigenvalue weighted by Crippen LogP contribution is -2.42. The Morgan fingerprint density at radius 2 is 1.07 bits per heavy atom. The molecule has 0 spiro atoms. The smallest absolute Gasteiger partial charge is 0.408 e. The summed E-state index contributed by atoms with van der Waals surface area (Å²) in [6.07, 6.45) is 5.48. The summed E-state index contributed by atoms with van der Waals surface area (Å²) in [5.74, 6) is 1.45. The number of nitrogens with two attached hydrogens (primary N) is 1. The number of alkyl carbamates (subject to hydrolysis) is 1. The van der Waals surface area contributed by atoms with Crippen LogP contribution < -0.4 is 21.7 Å². The van der Waals surface area contributed by atoms with Crippen LogP contribution in [0.4, 0.5) is 4.79 Å². The first-order chi connectivity index (χ1) is 27.9. The summed E-state index contributed by atoms with van der Waals surface area (Å²) in [5.41, 5.74) is 6.50. The topological polar surface area (TPSA) is 175 Å². The number of carbonyl (C=O) groups is 5. The summed E-state index contributed by atoms with van der Waals surface area (Å²) in [7, 11) is 0. The molecule has 0 saturated heterocycles. The van der Waals surface area contributed by atoms with Crippen LogP contribution in [0.15, 0.2) is 60.7 Å². The summed E-state index contributed by atoms with van der Waals surface area (Å²) in [5, 5.41) is 8.16. The Hall–Kier alpha value is -4.16. The molecule has 2 saturated carbocycles. The van der Waals surface area contributed by atoms with Crippen molar-refractivity contribution in [1.82, 2.24) is 16.0 Å². The zero-order chi connectivity index (χ0) is 43.7. The van der Waals surface area contributed by atoms with Crippen molar-refractivity contribution in [2.75, 3.05) is 26.3 Å². The van der Waals surface area contributed by atoms with E-state index in [2.05, 4.69) is 57.5 Å². The third kappa shape index (κ3) is 17.8. The van der Waals surface area contributed by atoms with Gasteiger partial charge in [-0.25, -0.2) is 4.79 Å². The van der Waals surface area contributed by atoms with Crippen molar-refractivity contribution in [3.05, 3.63) is 71.8 Å². The van der Waals surface area contributed by atoms with E-state index in [0.717, 1.165) is 43.2 Å². The molecule has 0 aliphatic heterocycles. The van der Waals surface area contributed by atoms with Gasteiger partial charge in [-0.3, -0.25) is 19.2 Å². The van der Waals surface area contributed by atoms with Crippen molar-refractivity contribution in [3.8, 4) is 0 Å². The molecule has 8 atom stereocenters. The fourth-order valence-corrected chi connectivity index (χ4v) is 8.27. The second kappa shape index (κ2) is 25.6. The molecular formula is C47H73ClN4O8. The summed E-state index contributed by atoms with van der Waals surface area (Å²) in [6, 6.07) is 18.0. The van der Waals surface area contributed by atoms with Crippen LogP contribution in [0.3, 0.4) is 0 Å². The zero-order valence-corrected chi connectivity index (χ0v) is 38.2. The van der Waals surface area contributed by atoms with Crippen molar-refractivity contribution < 1.29 is 38.2 Å². The fourth-order valence-electron chi connectivity index (χ4n) is 8.27. The molecule has 2 fully saturated rings. The lowest BCUT2D eigenvalue weighted by molar-refractivity contribution is -0.155. The minimum Gasteiger partial charge on any atom is -0.463 e. The van der Waals surface area contributed by atoms with Gasteiger partial charge < -0.3 is 35.9 Å². The third-order valence-electron chi connectivity index (χ3n) is 11.5. The van der Waals surface area contributed by atoms with Gasteiger partial charge in [0.25, 0.3) is 0 Å². The highest BCUT2D eigenvalue weighted by Gasteiger charge is 2.38. The molecule has 0 unspecified atom stereocenters. The van der Waals surface area contributed by atoms with Crippen molar-refractivity contribution in [1.29, 1.82) is 0 Å². The van der Waals surface area contributed by atoms with Gasteiger partial charge >= 0.3 is 18.0 Å². The molecule has 5 N–H and O–H groups in total. The van der Waals surface area contributed by atoms with Gasteiger partial charge in [0.2, 0.25) is 11.8 Å². The second-order valence-corrected chi connectivity index (χ2v) is 18.2. The Balaban J connectivity index is 0.000000418. The van der Waals surface area contributed by atoms with Crippen LogP contribution >= 0.6 is 12.4 Å². The Morgan fingerprint density at radius 3 is 1.43 bits per heavy atom. The minimum absolute atomic E-state index is 0. The Labute approximate surface area is 365 Å². The normalized spacial score (nSPS) is 22.4. The molecule has 336 valence electrons. The van der Waals surface area contributed by atoms with E-state index in [1.54, 1.807) is 20.8 Å². The summed E-state index contributed by atoms with van der Waals surface area (Å²) in [4.78, 5) is 61.9. The van der Waals surface area contributed by atoms with Crippen molar-refractivity contribution in [3.63, 3.8) is 0 Å². The Kier molecular flexibility index (Phi) is 22.2. The highest BCUT2D eigenvalue weighted by Crippen LogP contribution is 2.40. The van der Waals surface area contributed by atoms with E-state index in [4.69, 9.17) is 19.9 Å². The number of nitrogens with one attached hydrogen (secondary N) is 3. The fraction of sp³-hybridized carbons (Fsp3) is 0.638. The summed E-state index contributed by atoms with van der Waals surface area (Å²) < 4.78 is 16.6. The molecule has 13 heteroatoms. The van der Waals surface area contributed by atoms with Gasteiger partial charge in [-0.15, -0.1) is 12.4 Å². The minimum atomic E-state index is -0.661. The van der Waals surface area contributed by atoms with Crippen LogP contribution in [0.2, 0.25) is 0 Å². The largest absolute Gasteiger partial charge is 0.463 e. The van der Waals surface area contributed by atoms with E-state index in [9.17, 15) is 24.0 Å². The number of hydrogen-bond donors (Lipinski definition) is 4. The number of rotatable bonds is 15. The number of amides is 3. The standard InChI is InChI=1S/C26H40N2O5.C21H32N2O3.ClH/c1-17(2)20-13-12-18(3)14-21(20)24(30)32-16-22(19-10-8-7-9-11-19)28-23(29)15-27-25(31)33-26(4,5)6;1-14(2)17-10-9-15(3)11-18(17)21(25)26-13-19(23-20(24)12-22)16-7-5-4-6-8-16;/h7-11,17-18,20-22H,12-16H2,1-6H3,(H,27,31)(H,28,29);4-8,14-15,17-19H,9-13,22H2,1-3H3,(H,23,24);1H/t18-,20+,21-,22-;15-,17+,18-,19-;/m11./s1. The Morgan fingerprint density at radius 1 is 0.667 bits per heavy atom. The summed E-state index contributed by atoms with van der Waals surface area (Å²) >= 11 is 0. The molecule has 0 aromatic heterocycles. The SMILES string of the molecule is CC(C)[C@@H]1CC[C@@H](C)C[C@H]1C(=O)OC[C@@H](NC(=O)CN)c1ccccc1.CC(C)[C@@H]1CC[C@@H](C)C[C@H]1C(=O)OC[C@@H](NC(=O)CNC(=O)OC(C)(C)C)c1ccccc1.Cl. The Bertz CT molecular complexity index is 1620. The average molecular weight is 858 g/mol. The molecule has 0 radical (unpaired) electrons. The highest BCUT2D eigenvalue weighted by atomic mass is 35.5. The van der Waals surface area contributed by atoms with E-state index < -0.39 is 23.6 Å². The molecule has 2 aliphatic rings. The van der Waals surface area contributed by atoms with Crippen LogP contribution in [0, 0.1) is 47.3 Å². The van der Waals surface area contributed by atoms with Gasteiger partial charge in [0.15, 0.2) is 0 Å². The molecule has 2 aliphatic carbocycles. The first-order valence-corrected chi connectivity index (χ1v) is 21.6. The van der Waals surface area contributed by atoms with E-state index in [1.807, 2.05) is 60.7 Å². The lowest BCUT2D eigenvalue weighted by atomic mass is 9.70. The molecule has 2 aromatic carbocycles. The molecule has 3 amide bonds. The van der Waals surface area contributed by atoms with Gasteiger partial charge in [-0.2, -0.15) is 0 Å². The maximum absolute atomic E-state index is 13.0. The lowest BCUT2D eigenvalue weighted by Gasteiger charge is -2.36. The molecule has 12 nitrogen and oxygen atoms in total. The number of ether oxygens (including phenoxy) is 3. The van der Waals surface area contributed by atoms with Crippen LogP contribution in [0.5, 0.6) is 0 Å². The van der Waals surface area contributed by atoms with Crippen LogP contribution in [0.1, 0.15) is 124 Å². The zero-order valence-electron chi connectivity index (χ0n) is 37.4. The quantitative estimate of drug-likeness (QED) is 0.102. The maximum atomic E-state index is 13.0. The first-order valence-electron chi connectivity index (χ1n) is 21.6. The molecular weight excluding hydrogens is 784 g/mol. The number of hydrogen-bond acceptors (Lipinski definition) is 9. The third-order valence-corrected chi connectivity index (χ3v) is 11.5. The predicted molar refractivity (Wildman–Crippen MR) is 237 cm³/mol. The van der Waals surface area contributed by atoms with E-state index in [-0.39, 0.29) is 74.4 Å². The predicted octanol–water partition coefficient (Wildman–Crippen LogP) is 8.10. The van der Waals surface area contributed by atoms with Gasteiger partial charge in [-0.05, 0) is 93.1 Å². The number of halogens is 1. The van der Waals surface area contributed by atoms with Crippen LogP contribution in [0.25, 0.3) is 0 Å². The number of esters is 2. The number of benzene rings is 2. The molecule has 2 aromatic rings. The highest BCUT2D eigenvalue weighted by molar-refractivity contribution is 5.85. The first kappa shape index (κ1) is 52.0.